The molecule has 0 aromatic carbocycles. The van der Waals surface area contributed by atoms with E-state index in [0.29, 0.717) is 6.04 Å². The summed E-state index contributed by atoms with van der Waals surface area (Å²) in [7, 11) is 0. The van der Waals surface area contributed by atoms with E-state index in [4.69, 9.17) is 5.73 Å². The zero-order chi connectivity index (χ0) is 14.6. The Morgan fingerprint density at radius 1 is 1.45 bits per heavy atom. The van der Waals surface area contributed by atoms with Crippen LogP contribution in [0.3, 0.4) is 0 Å². The number of nitrogens with zero attached hydrogens (tertiary/aromatic N) is 1. The van der Waals surface area contributed by atoms with Crippen LogP contribution in [0.25, 0.3) is 0 Å². The Labute approximate surface area is 128 Å². The number of hydrogen-bond donors (Lipinski definition) is 1. The van der Waals surface area contributed by atoms with Crippen LogP contribution >= 0.6 is 11.3 Å². The van der Waals surface area contributed by atoms with Crippen molar-refractivity contribution in [1.82, 2.24) is 4.90 Å². The standard InChI is InChI=1S/C17H30N2S/c1-4-15-8-5-6-10-17(15,13-18)19(14(2)3)12-16-9-7-11-20-16/h7,9,11,14-15H,4-6,8,10,12-13,18H2,1-3H3. The first-order chi connectivity index (χ1) is 9.64. The van der Waals surface area contributed by atoms with Crippen LogP contribution in [0.1, 0.15) is 57.8 Å². The lowest BCUT2D eigenvalue weighted by molar-refractivity contribution is -0.0230. The molecule has 0 amide bonds. The van der Waals surface area contributed by atoms with Gasteiger partial charge in [-0.05, 0) is 44.1 Å². The lowest BCUT2D eigenvalue weighted by atomic mass is 9.69. The first kappa shape index (κ1) is 16.0. The molecular formula is C17H30N2S. The van der Waals surface area contributed by atoms with Crippen LogP contribution < -0.4 is 5.73 Å². The van der Waals surface area contributed by atoms with Gasteiger partial charge in [0.2, 0.25) is 0 Å². The van der Waals surface area contributed by atoms with E-state index < -0.39 is 0 Å². The van der Waals surface area contributed by atoms with Crippen molar-refractivity contribution in [2.24, 2.45) is 11.7 Å². The van der Waals surface area contributed by atoms with E-state index in [1.165, 1.54) is 37.0 Å². The summed E-state index contributed by atoms with van der Waals surface area (Å²) in [5.74, 6) is 0.753. The van der Waals surface area contributed by atoms with Crippen molar-refractivity contribution >= 4 is 11.3 Å². The molecule has 2 atom stereocenters. The average molecular weight is 295 g/mol. The minimum absolute atomic E-state index is 0.213. The molecule has 114 valence electrons. The molecule has 2 rings (SSSR count). The molecule has 0 saturated heterocycles. The predicted molar refractivity (Wildman–Crippen MR) is 89.0 cm³/mol. The van der Waals surface area contributed by atoms with Crippen LogP contribution in [0.15, 0.2) is 17.5 Å². The Kier molecular flexibility index (Phi) is 5.65. The molecule has 2 unspecified atom stereocenters. The molecule has 1 aliphatic rings. The molecule has 1 aromatic heterocycles. The fraction of sp³-hybridized carbons (Fsp3) is 0.765. The van der Waals surface area contributed by atoms with Crippen molar-refractivity contribution < 1.29 is 0 Å². The van der Waals surface area contributed by atoms with Crippen molar-refractivity contribution in [3.63, 3.8) is 0 Å². The number of thiophene rings is 1. The highest BCUT2D eigenvalue weighted by atomic mass is 32.1. The first-order valence-electron chi connectivity index (χ1n) is 8.13. The highest BCUT2D eigenvalue weighted by Gasteiger charge is 2.44. The molecule has 1 aliphatic carbocycles. The fourth-order valence-electron chi connectivity index (χ4n) is 4.07. The molecule has 2 N–H and O–H groups in total. The molecule has 3 heteroatoms. The number of rotatable bonds is 6. The minimum Gasteiger partial charge on any atom is -0.329 e. The van der Waals surface area contributed by atoms with Crippen LogP contribution in [0.4, 0.5) is 0 Å². The van der Waals surface area contributed by atoms with Gasteiger partial charge in [-0.2, -0.15) is 0 Å². The third-order valence-corrected chi connectivity index (χ3v) is 5.98. The topological polar surface area (TPSA) is 29.3 Å². The average Bonchev–Trinajstić information content (AvgIpc) is 2.97. The van der Waals surface area contributed by atoms with Gasteiger partial charge in [0, 0.05) is 29.5 Å². The van der Waals surface area contributed by atoms with Gasteiger partial charge in [0.05, 0.1) is 0 Å². The van der Waals surface area contributed by atoms with Crippen LogP contribution in [0.2, 0.25) is 0 Å². The van der Waals surface area contributed by atoms with Crippen LogP contribution in [0, 0.1) is 5.92 Å². The van der Waals surface area contributed by atoms with Gasteiger partial charge in [-0.25, -0.2) is 0 Å². The summed E-state index contributed by atoms with van der Waals surface area (Å²) in [5, 5.41) is 2.18. The third kappa shape index (κ3) is 3.10. The monoisotopic (exact) mass is 294 g/mol. The smallest absolute Gasteiger partial charge is 0.0366 e. The van der Waals surface area contributed by atoms with E-state index in [1.54, 1.807) is 0 Å². The molecule has 1 fully saturated rings. The number of nitrogens with two attached hydrogens (primary N) is 1. The van der Waals surface area contributed by atoms with E-state index in [0.717, 1.165) is 19.0 Å². The molecule has 0 bridgehead atoms. The van der Waals surface area contributed by atoms with Gasteiger partial charge in [-0.15, -0.1) is 11.3 Å². The van der Waals surface area contributed by atoms with Crippen LogP contribution in [-0.4, -0.2) is 23.0 Å². The van der Waals surface area contributed by atoms with Crippen molar-refractivity contribution in [2.45, 2.75) is 71.0 Å². The Morgan fingerprint density at radius 2 is 2.25 bits per heavy atom. The second-order valence-electron chi connectivity index (χ2n) is 6.46. The molecule has 0 radical (unpaired) electrons. The second-order valence-corrected chi connectivity index (χ2v) is 7.49. The minimum atomic E-state index is 0.213. The van der Waals surface area contributed by atoms with E-state index in [-0.39, 0.29) is 5.54 Å². The van der Waals surface area contributed by atoms with Gasteiger partial charge in [0.25, 0.3) is 0 Å². The summed E-state index contributed by atoms with van der Waals surface area (Å²) in [6.45, 7) is 8.85. The summed E-state index contributed by atoms with van der Waals surface area (Å²) in [4.78, 5) is 4.17. The fourth-order valence-corrected chi connectivity index (χ4v) is 4.77. The Morgan fingerprint density at radius 3 is 2.80 bits per heavy atom. The first-order valence-corrected chi connectivity index (χ1v) is 9.01. The van der Waals surface area contributed by atoms with Gasteiger partial charge >= 0.3 is 0 Å². The van der Waals surface area contributed by atoms with Crippen molar-refractivity contribution in [3.8, 4) is 0 Å². The van der Waals surface area contributed by atoms with Gasteiger partial charge in [-0.3, -0.25) is 4.90 Å². The van der Waals surface area contributed by atoms with E-state index >= 15 is 0 Å². The lowest BCUT2D eigenvalue weighted by Crippen LogP contribution is -2.61. The molecule has 1 heterocycles. The molecule has 0 spiro atoms. The normalized spacial score (nSPS) is 27.4. The zero-order valence-corrected chi connectivity index (χ0v) is 14.1. The maximum absolute atomic E-state index is 6.33. The summed E-state index contributed by atoms with van der Waals surface area (Å²) in [5.41, 5.74) is 6.55. The Hall–Kier alpha value is -0.380. The third-order valence-electron chi connectivity index (χ3n) is 5.12. The molecular weight excluding hydrogens is 264 g/mol. The van der Waals surface area contributed by atoms with Gasteiger partial charge < -0.3 is 5.73 Å². The second kappa shape index (κ2) is 7.06. The highest BCUT2D eigenvalue weighted by molar-refractivity contribution is 7.09. The summed E-state index contributed by atoms with van der Waals surface area (Å²) in [6, 6.07) is 4.97. The molecule has 1 saturated carbocycles. The van der Waals surface area contributed by atoms with Gasteiger partial charge in [0.15, 0.2) is 0 Å². The molecule has 1 aromatic rings. The highest BCUT2D eigenvalue weighted by Crippen LogP contribution is 2.41. The largest absolute Gasteiger partial charge is 0.329 e. The number of hydrogen-bond acceptors (Lipinski definition) is 3. The van der Waals surface area contributed by atoms with Crippen LogP contribution in [-0.2, 0) is 6.54 Å². The van der Waals surface area contributed by atoms with Crippen molar-refractivity contribution in [1.29, 1.82) is 0 Å². The lowest BCUT2D eigenvalue weighted by Gasteiger charge is -2.53. The van der Waals surface area contributed by atoms with Crippen molar-refractivity contribution in [2.75, 3.05) is 6.54 Å². The Bertz CT molecular complexity index is 388. The maximum atomic E-state index is 6.33. The molecule has 0 aliphatic heterocycles. The molecule has 2 nitrogen and oxygen atoms in total. The zero-order valence-electron chi connectivity index (χ0n) is 13.3. The van der Waals surface area contributed by atoms with Gasteiger partial charge in [-0.1, -0.05) is 32.3 Å². The van der Waals surface area contributed by atoms with E-state index in [1.807, 2.05) is 11.3 Å². The summed E-state index contributed by atoms with van der Waals surface area (Å²) in [6.07, 6.45) is 6.59. The SMILES string of the molecule is CCC1CCCCC1(CN)N(Cc1cccs1)C(C)C. The summed E-state index contributed by atoms with van der Waals surface area (Å²) >= 11 is 1.87. The van der Waals surface area contributed by atoms with Crippen LogP contribution in [0.5, 0.6) is 0 Å². The summed E-state index contributed by atoms with van der Waals surface area (Å²) < 4.78 is 0. The van der Waals surface area contributed by atoms with E-state index in [2.05, 4.69) is 43.2 Å². The molecule has 20 heavy (non-hydrogen) atoms. The van der Waals surface area contributed by atoms with Crippen molar-refractivity contribution in [3.05, 3.63) is 22.4 Å². The van der Waals surface area contributed by atoms with Gasteiger partial charge in [0.1, 0.15) is 0 Å². The quantitative estimate of drug-likeness (QED) is 0.849. The van der Waals surface area contributed by atoms with E-state index in [9.17, 15) is 0 Å². The maximum Gasteiger partial charge on any atom is 0.0366 e. The Balaban J connectivity index is 2.27. The predicted octanol–water partition coefficient (Wildman–Crippen LogP) is 4.26.